The van der Waals surface area contributed by atoms with E-state index in [4.69, 9.17) is 21.6 Å². The molecule has 0 bridgehead atoms. The molecule has 0 saturated heterocycles. The Labute approximate surface area is 126 Å². The number of benzene rings is 2. The fraction of sp³-hybridized carbons (Fsp3) is 0.125. The van der Waals surface area contributed by atoms with Crippen LogP contribution in [0.25, 0.3) is 0 Å². The van der Waals surface area contributed by atoms with E-state index in [0.717, 1.165) is 0 Å². The molecule has 106 valence electrons. The third kappa shape index (κ3) is 3.39. The van der Waals surface area contributed by atoms with Crippen molar-refractivity contribution in [3.8, 4) is 11.8 Å². The number of halogens is 2. The molecule has 0 aromatic heterocycles. The van der Waals surface area contributed by atoms with Gasteiger partial charge in [0.05, 0.1) is 11.1 Å². The monoisotopic (exact) mass is 303 g/mol. The molecule has 0 aliphatic heterocycles. The average molecular weight is 304 g/mol. The fourth-order valence-electron chi connectivity index (χ4n) is 1.84. The number of ketones is 1. The first-order valence-corrected chi connectivity index (χ1v) is 6.51. The van der Waals surface area contributed by atoms with Gasteiger partial charge in [-0.05, 0) is 31.2 Å². The molecule has 0 spiro atoms. The molecule has 0 aliphatic carbocycles. The van der Waals surface area contributed by atoms with E-state index in [9.17, 15) is 9.18 Å². The van der Waals surface area contributed by atoms with Gasteiger partial charge in [0, 0.05) is 10.6 Å². The lowest BCUT2D eigenvalue weighted by Gasteiger charge is -2.11. The van der Waals surface area contributed by atoms with Crippen LogP contribution in [-0.4, -0.2) is 5.78 Å². The summed E-state index contributed by atoms with van der Waals surface area (Å²) < 4.78 is 19.4. The lowest BCUT2D eigenvalue weighted by atomic mass is 10.1. The van der Waals surface area contributed by atoms with Crippen LogP contribution in [0.3, 0.4) is 0 Å². The first-order chi connectivity index (χ1) is 10.0. The molecule has 0 amide bonds. The maximum atomic E-state index is 13.9. The van der Waals surface area contributed by atoms with Gasteiger partial charge in [-0.3, -0.25) is 4.79 Å². The molecule has 0 heterocycles. The highest BCUT2D eigenvalue weighted by atomic mass is 35.5. The van der Waals surface area contributed by atoms with Crippen LogP contribution in [0.1, 0.15) is 28.4 Å². The van der Waals surface area contributed by atoms with Gasteiger partial charge < -0.3 is 4.74 Å². The summed E-state index contributed by atoms with van der Waals surface area (Å²) in [6.45, 7) is 1.32. The largest absolute Gasteiger partial charge is 0.488 e. The van der Waals surface area contributed by atoms with Crippen LogP contribution < -0.4 is 4.74 Å². The van der Waals surface area contributed by atoms with Gasteiger partial charge in [-0.25, -0.2) is 4.39 Å². The number of nitriles is 1. The lowest BCUT2D eigenvalue weighted by molar-refractivity contribution is 0.101. The zero-order valence-electron chi connectivity index (χ0n) is 11.2. The van der Waals surface area contributed by atoms with Crippen molar-refractivity contribution in [2.24, 2.45) is 0 Å². The summed E-state index contributed by atoms with van der Waals surface area (Å²) in [7, 11) is 0. The third-order valence-corrected chi connectivity index (χ3v) is 3.14. The first-order valence-electron chi connectivity index (χ1n) is 6.13. The van der Waals surface area contributed by atoms with E-state index >= 15 is 0 Å². The van der Waals surface area contributed by atoms with Crippen LogP contribution in [0.15, 0.2) is 36.4 Å². The van der Waals surface area contributed by atoms with Gasteiger partial charge >= 0.3 is 0 Å². The highest BCUT2D eigenvalue weighted by Crippen LogP contribution is 2.25. The van der Waals surface area contributed by atoms with Gasteiger partial charge in [-0.1, -0.05) is 23.7 Å². The Bertz CT molecular complexity index is 738. The standard InChI is InChI=1S/C16H11ClFNO2/c1-10(20)14-7-13(17)5-6-15(14)21-9-12-4-2-3-11(8-19)16(12)18/h2-7H,9H2,1H3. The quantitative estimate of drug-likeness (QED) is 0.798. The normalized spacial score (nSPS) is 10.0. The maximum absolute atomic E-state index is 13.9. The number of hydrogen-bond donors (Lipinski definition) is 0. The van der Waals surface area contributed by atoms with E-state index in [0.29, 0.717) is 16.3 Å². The van der Waals surface area contributed by atoms with E-state index in [1.54, 1.807) is 24.3 Å². The van der Waals surface area contributed by atoms with Gasteiger partial charge in [0.15, 0.2) is 5.78 Å². The highest BCUT2D eigenvalue weighted by Gasteiger charge is 2.12. The van der Waals surface area contributed by atoms with Gasteiger partial charge in [0.1, 0.15) is 24.2 Å². The van der Waals surface area contributed by atoms with Crippen LogP contribution in [0.4, 0.5) is 4.39 Å². The van der Waals surface area contributed by atoms with Crippen molar-refractivity contribution >= 4 is 17.4 Å². The Balaban J connectivity index is 2.25. The van der Waals surface area contributed by atoms with Gasteiger partial charge in [-0.2, -0.15) is 5.26 Å². The molecule has 0 unspecified atom stereocenters. The molecule has 21 heavy (non-hydrogen) atoms. The Morgan fingerprint density at radius 2 is 2.14 bits per heavy atom. The van der Waals surface area contributed by atoms with E-state index in [2.05, 4.69) is 0 Å². The van der Waals surface area contributed by atoms with E-state index in [1.807, 2.05) is 0 Å². The van der Waals surface area contributed by atoms with Gasteiger partial charge in [-0.15, -0.1) is 0 Å². The second-order valence-electron chi connectivity index (χ2n) is 4.38. The number of ether oxygens (including phenoxy) is 1. The Kier molecular flexibility index (Phi) is 4.56. The summed E-state index contributed by atoms with van der Waals surface area (Å²) in [5.41, 5.74) is 0.539. The summed E-state index contributed by atoms with van der Waals surface area (Å²) in [6, 6.07) is 10.9. The van der Waals surface area contributed by atoms with Crippen LogP contribution in [0.2, 0.25) is 5.02 Å². The predicted octanol–water partition coefficient (Wildman–Crippen LogP) is 4.13. The van der Waals surface area contributed by atoms with Crippen molar-refractivity contribution < 1.29 is 13.9 Å². The SMILES string of the molecule is CC(=O)c1cc(Cl)ccc1OCc1cccc(C#N)c1F. The van der Waals surface area contributed by atoms with E-state index in [1.165, 1.54) is 25.1 Å². The molecule has 2 aromatic carbocycles. The molecule has 5 heteroatoms. The van der Waals surface area contributed by atoms with E-state index in [-0.39, 0.29) is 23.5 Å². The minimum Gasteiger partial charge on any atom is -0.488 e. The Morgan fingerprint density at radius 1 is 1.38 bits per heavy atom. The number of rotatable bonds is 4. The van der Waals surface area contributed by atoms with Crippen molar-refractivity contribution in [2.75, 3.05) is 0 Å². The van der Waals surface area contributed by atoms with Crippen LogP contribution in [0.5, 0.6) is 5.75 Å². The average Bonchev–Trinajstić information content (AvgIpc) is 2.47. The summed E-state index contributed by atoms with van der Waals surface area (Å²) >= 11 is 5.84. The maximum Gasteiger partial charge on any atom is 0.163 e. The Hall–Kier alpha value is -2.38. The highest BCUT2D eigenvalue weighted by molar-refractivity contribution is 6.31. The van der Waals surface area contributed by atoms with Crippen molar-refractivity contribution in [3.63, 3.8) is 0 Å². The van der Waals surface area contributed by atoms with Crippen molar-refractivity contribution in [1.29, 1.82) is 5.26 Å². The van der Waals surface area contributed by atoms with Crippen molar-refractivity contribution in [3.05, 3.63) is 63.9 Å². The molecule has 0 atom stereocenters. The van der Waals surface area contributed by atoms with Crippen LogP contribution in [-0.2, 0) is 6.61 Å². The number of Topliss-reactive ketones (excluding diaryl/α,β-unsaturated/α-hetero) is 1. The number of hydrogen-bond acceptors (Lipinski definition) is 3. The fourth-order valence-corrected chi connectivity index (χ4v) is 2.01. The molecule has 0 aliphatic rings. The minimum absolute atomic E-state index is 0.0426. The van der Waals surface area contributed by atoms with Crippen LogP contribution in [0, 0.1) is 17.1 Å². The number of carbonyl (C=O) groups excluding carboxylic acids is 1. The molecule has 2 aromatic rings. The van der Waals surface area contributed by atoms with Crippen molar-refractivity contribution in [2.45, 2.75) is 13.5 Å². The second-order valence-corrected chi connectivity index (χ2v) is 4.81. The summed E-state index contributed by atoms with van der Waals surface area (Å²) in [5.74, 6) is -0.481. The van der Waals surface area contributed by atoms with Gasteiger partial charge in [0.25, 0.3) is 0 Å². The predicted molar refractivity (Wildman–Crippen MR) is 76.9 cm³/mol. The number of carbonyl (C=O) groups is 1. The van der Waals surface area contributed by atoms with Crippen LogP contribution >= 0.6 is 11.6 Å². The summed E-state index contributed by atoms with van der Waals surface area (Å²) in [6.07, 6.45) is 0. The summed E-state index contributed by atoms with van der Waals surface area (Å²) in [5, 5.41) is 9.21. The molecule has 0 N–H and O–H groups in total. The molecular weight excluding hydrogens is 293 g/mol. The molecular formula is C16H11ClFNO2. The minimum atomic E-state index is -0.613. The Morgan fingerprint density at radius 3 is 2.81 bits per heavy atom. The zero-order chi connectivity index (χ0) is 15.4. The zero-order valence-corrected chi connectivity index (χ0v) is 11.9. The topological polar surface area (TPSA) is 50.1 Å². The molecule has 0 fully saturated rings. The van der Waals surface area contributed by atoms with Crippen molar-refractivity contribution in [1.82, 2.24) is 0 Å². The third-order valence-electron chi connectivity index (χ3n) is 2.90. The van der Waals surface area contributed by atoms with E-state index < -0.39 is 5.82 Å². The molecule has 0 radical (unpaired) electrons. The smallest absolute Gasteiger partial charge is 0.163 e. The second kappa shape index (κ2) is 6.38. The molecule has 0 saturated carbocycles. The molecule has 3 nitrogen and oxygen atoms in total. The number of nitrogens with zero attached hydrogens (tertiary/aromatic N) is 1. The molecule has 2 rings (SSSR count). The summed E-state index contributed by atoms with van der Waals surface area (Å²) in [4.78, 5) is 11.5. The lowest BCUT2D eigenvalue weighted by Crippen LogP contribution is -2.04. The van der Waals surface area contributed by atoms with Gasteiger partial charge in [0.2, 0.25) is 0 Å². The first kappa shape index (κ1) is 15.0.